The van der Waals surface area contributed by atoms with Crippen molar-refractivity contribution in [1.82, 2.24) is 4.98 Å². The van der Waals surface area contributed by atoms with Crippen LogP contribution in [0.4, 0.5) is 0 Å². The summed E-state index contributed by atoms with van der Waals surface area (Å²) in [5, 5.41) is 0. The number of fused-ring (bicyclic) bond motifs is 1. The Balaban J connectivity index is 2.81. The Labute approximate surface area is 72.8 Å². The van der Waals surface area contributed by atoms with Crippen molar-refractivity contribution in [2.24, 2.45) is 0 Å². The van der Waals surface area contributed by atoms with Crippen LogP contribution in [-0.2, 0) is 0 Å². The molecule has 1 heteroatoms. The van der Waals surface area contributed by atoms with Crippen molar-refractivity contribution >= 4 is 0 Å². The molecule has 0 saturated heterocycles. The topological polar surface area (TPSA) is 15.8 Å². The van der Waals surface area contributed by atoms with Crippen LogP contribution in [0.5, 0.6) is 0 Å². The van der Waals surface area contributed by atoms with Crippen LogP contribution in [0.1, 0.15) is 17.0 Å². The lowest BCUT2D eigenvalue weighted by atomic mass is 10.1. The first-order valence-electron chi connectivity index (χ1n) is 4.24. The molecule has 0 unspecified atom stereocenters. The molecule has 1 aliphatic carbocycles. The molecule has 0 amide bonds. The fourth-order valence-electron chi connectivity index (χ4n) is 1.73. The highest BCUT2D eigenvalue weighted by atomic mass is 14.7. The molecular weight excluding hydrogens is 146 g/mol. The number of rotatable bonds is 0. The van der Waals surface area contributed by atoms with Gasteiger partial charge in [0.15, 0.2) is 0 Å². The Morgan fingerprint density at radius 3 is 2.50 bits per heavy atom. The first-order valence-corrected chi connectivity index (χ1v) is 4.24. The summed E-state index contributed by atoms with van der Waals surface area (Å²) in [6, 6.07) is 6.55. The SMILES string of the molecule is Cc1cc2c(C)ccc-2c(C)[nH]1. The van der Waals surface area contributed by atoms with Crippen molar-refractivity contribution in [3.8, 4) is 11.1 Å². The summed E-state index contributed by atoms with van der Waals surface area (Å²) in [6.45, 7) is 6.37. The number of aromatic amines is 1. The maximum atomic E-state index is 3.33. The molecule has 1 heterocycles. The van der Waals surface area contributed by atoms with Gasteiger partial charge >= 0.3 is 0 Å². The van der Waals surface area contributed by atoms with E-state index < -0.39 is 0 Å². The van der Waals surface area contributed by atoms with Crippen LogP contribution >= 0.6 is 0 Å². The van der Waals surface area contributed by atoms with Gasteiger partial charge in [-0.25, -0.2) is 0 Å². The molecule has 2 aliphatic rings. The first kappa shape index (κ1) is 7.41. The Morgan fingerprint density at radius 2 is 1.75 bits per heavy atom. The fraction of sp³-hybridized carbons (Fsp3) is 0.273. The molecule has 0 radical (unpaired) electrons. The second-order valence-electron chi connectivity index (χ2n) is 3.42. The molecule has 0 spiro atoms. The lowest BCUT2D eigenvalue weighted by molar-refractivity contribution is 1.13. The molecule has 0 aromatic heterocycles. The second-order valence-corrected chi connectivity index (χ2v) is 3.42. The van der Waals surface area contributed by atoms with E-state index >= 15 is 0 Å². The van der Waals surface area contributed by atoms with Gasteiger partial charge in [-0.05, 0) is 38.0 Å². The Bertz CT molecular complexity index is 384. The molecule has 0 atom stereocenters. The maximum Gasteiger partial charge on any atom is 0.0196 e. The van der Waals surface area contributed by atoms with E-state index in [1.165, 1.54) is 28.1 Å². The van der Waals surface area contributed by atoms with E-state index in [2.05, 4.69) is 44.0 Å². The molecule has 2 rings (SSSR count). The predicted molar refractivity (Wildman–Crippen MR) is 51.6 cm³/mol. The molecule has 0 aromatic carbocycles. The molecule has 12 heavy (non-hydrogen) atoms. The predicted octanol–water partition coefficient (Wildman–Crippen LogP) is 3.04. The minimum atomic E-state index is 1.23. The van der Waals surface area contributed by atoms with Gasteiger partial charge in [0.05, 0.1) is 0 Å². The number of aryl methyl sites for hydroxylation is 3. The van der Waals surface area contributed by atoms with Crippen molar-refractivity contribution in [2.75, 3.05) is 0 Å². The Hall–Kier alpha value is -1.24. The summed E-state index contributed by atoms with van der Waals surface area (Å²) in [6.07, 6.45) is 0. The Kier molecular flexibility index (Phi) is 1.47. The minimum Gasteiger partial charge on any atom is -0.362 e. The third-order valence-corrected chi connectivity index (χ3v) is 2.36. The van der Waals surface area contributed by atoms with E-state index in [1.54, 1.807) is 0 Å². The van der Waals surface area contributed by atoms with Gasteiger partial charge in [-0.2, -0.15) is 0 Å². The van der Waals surface area contributed by atoms with E-state index in [9.17, 15) is 0 Å². The van der Waals surface area contributed by atoms with Crippen molar-refractivity contribution in [3.05, 3.63) is 35.2 Å². The van der Waals surface area contributed by atoms with Crippen LogP contribution in [0.3, 0.4) is 0 Å². The van der Waals surface area contributed by atoms with E-state index in [1.807, 2.05) is 0 Å². The molecule has 0 saturated carbocycles. The number of H-pyrrole nitrogens is 1. The lowest BCUT2D eigenvalue weighted by Gasteiger charge is -2.07. The van der Waals surface area contributed by atoms with Gasteiger partial charge in [0, 0.05) is 17.0 Å². The average Bonchev–Trinajstić information content (AvgIpc) is 2.33. The van der Waals surface area contributed by atoms with Gasteiger partial charge in [0.2, 0.25) is 0 Å². The number of pyridine rings is 1. The number of aromatic nitrogens is 1. The van der Waals surface area contributed by atoms with Crippen molar-refractivity contribution in [2.45, 2.75) is 20.8 Å². The summed E-state index contributed by atoms with van der Waals surface area (Å²) in [5.41, 5.74) is 6.58. The number of nitrogens with one attached hydrogen (secondary N) is 1. The van der Waals surface area contributed by atoms with Gasteiger partial charge in [-0.3, -0.25) is 0 Å². The monoisotopic (exact) mass is 159 g/mol. The second kappa shape index (κ2) is 2.37. The molecule has 0 bridgehead atoms. The zero-order chi connectivity index (χ0) is 8.72. The van der Waals surface area contributed by atoms with Crippen LogP contribution < -0.4 is 0 Å². The molecule has 1 nitrogen and oxygen atoms in total. The highest BCUT2D eigenvalue weighted by Gasteiger charge is 2.08. The lowest BCUT2D eigenvalue weighted by Crippen LogP contribution is -1.90. The van der Waals surface area contributed by atoms with Gasteiger partial charge in [-0.15, -0.1) is 0 Å². The molecular formula is C11H13N. The summed E-state index contributed by atoms with van der Waals surface area (Å²) in [7, 11) is 0. The molecule has 62 valence electrons. The van der Waals surface area contributed by atoms with Gasteiger partial charge in [0.1, 0.15) is 0 Å². The van der Waals surface area contributed by atoms with E-state index in [0.29, 0.717) is 0 Å². The van der Waals surface area contributed by atoms with E-state index in [4.69, 9.17) is 0 Å². The summed E-state index contributed by atoms with van der Waals surface area (Å²) < 4.78 is 0. The summed E-state index contributed by atoms with van der Waals surface area (Å²) in [5.74, 6) is 0. The van der Waals surface area contributed by atoms with Crippen LogP contribution in [0.25, 0.3) is 11.1 Å². The standard InChI is InChI=1S/C11H13N/c1-7-4-5-10-9(3)12-8(2)6-11(7)10/h4-6,12H,1-3H3. The molecule has 1 N–H and O–H groups in total. The number of hydrogen-bond acceptors (Lipinski definition) is 0. The molecule has 0 aromatic rings. The fourth-order valence-corrected chi connectivity index (χ4v) is 1.73. The van der Waals surface area contributed by atoms with Crippen LogP contribution in [0, 0.1) is 20.8 Å². The van der Waals surface area contributed by atoms with Crippen molar-refractivity contribution in [3.63, 3.8) is 0 Å². The zero-order valence-corrected chi connectivity index (χ0v) is 7.73. The first-order chi connectivity index (χ1) is 5.68. The van der Waals surface area contributed by atoms with E-state index in [0.717, 1.165) is 0 Å². The summed E-state index contributed by atoms with van der Waals surface area (Å²) >= 11 is 0. The highest BCUT2D eigenvalue weighted by Crippen LogP contribution is 2.29. The summed E-state index contributed by atoms with van der Waals surface area (Å²) in [4.78, 5) is 3.33. The van der Waals surface area contributed by atoms with Crippen LogP contribution in [0.15, 0.2) is 18.2 Å². The molecule has 0 fully saturated rings. The van der Waals surface area contributed by atoms with Gasteiger partial charge in [0.25, 0.3) is 0 Å². The van der Waals surface area contributed by atoms with Crippen molar-refractivity contribution < 1.29 is 0 Å². The van der Waals surface area contributed by atoms with Crippen molar-refractivity contribution in [1.29, 1.82) is 0 Å². The van der Waals surface area contributed by atoms with E-state index in [-0.39, 0.29) is 0 Å². The largest absolute Gasteiger partial charge is 0.362 e. The van der Waals surface area contributed by atoms with Gasteiger partial charge in [-0.1, -0.05) is 12.1 Å². The normalized spacial score (nSPS) is 10.9. The average molecular weight is 159 g/mol. The minimum absolute atomic E-state index is 1.23. The third kappa shape index (κ3) is 0.934. The highest BCUT2D eigenvalue weighted by molar-refractivity contribution is 5.72. The number of hydrogen-bond donors (Lipinski definition) is 1. The third-order valence-electron chi connectivity index (χ3n) is 2.36. The smallest absolute Gasteiger partial charge is 0.0196 e. The zero-order valence-electron chi connectivity index (χ0n) is 7.73. The van der Waals surface area contributed by atoms with Crippen LogP contribution in [-0.4, -0.2) is 4.98 Å². The molecule has 1 aliphatic heterocycles. The van der Waals surface area contributed by atoms with Crippen LogP contribution in [0.2, 0.25) is 0 Å². The van der Waals surface area contributed by atoms with Gasteiger partial charge < -0.3 is 4.98 Å². The Morgan fingerprint density at radius 1 is 1.00 bits per heavy atom. The maximum absolute atomic E-state index is 3.33. The quantitative estimate of drug-likeness (QED) is 0.608.